The SMILES string of the molecule is N#CCN(CC#N)c1ncnc(Nc2ccc(Cl)cc2)c1N. The van der Waals surface area contributed by atoms with Crippen molar-refractivity contribution < 1.29 is 0 Å². The van der Waals surface area contributed by atoms with Crippen molar-refractivity contribution in [1.82, 2.24) is 9.97 Å². The van der Waals surface area contributed by atoms with E-state index in [0.29, 0.717) is 16.7 Å². The number of aromatic nitrogens is 2. The second kappa shape index (κ2) is 7.11. The van der Waals surface area contributed by atoms with E-state index in [0.717, 1.165) is 5.69 Å². The Hall–Kier alpha value is -3.03. The first kappa shape index (κ1) is 15.4. The second-order valence-electron chi connectivity index (χ2n) is 4.26. The fraction of sp³-hybridized carbons (Fsp3) is 0.143. The maximum Gasteiger partial charge on any atom is 0.159 e. The Kier molecular flexibility index (Phi) is 4.97. The summed E-state index contributed by atoms with van der Waals surface area (Å²) in [5.41, 5.74) is 7.07. The lowest BCUT2D eigenvalue weighted by molar-refractivity contribution is 0.930. The summed E-state index contributed by atoms with van der Waals surface area (Å²) in [7, 11) is 0. The van der Waals surface area contributed by atoms with Crippen molar-refractivity contribution in [3.63, 3.8) is 0 Å². The monoisotopic (exact) mass is 313 g/mol. The molecule has 0 saturated heterocycles. The normalized spacial score (nSPS) is 9.59. The van der Waals surface area contributed by atoms with Crippen LogP contribution in [0, 0.1) is 22.7 Å². The lowest BCUT2D eigenvalue weighted by atomic mass is 10.3. The van der Waals surface area contributed by atoms with Crippen molar-refractivity contribution in [2.75, 3.05) is 29.0 Å². The lowest BCUT2D eigenvalue weighted by Crippen LogP contribution is -2.26. The van der Waals surface area contributed by atoms with E-state index >= 15 is 0 Å². The van der Waals surface area contributed by atoms with Crippen LogP contribution in [0.2, 0.25) is 5.02 Å². The molecule has 1 heterocycles. The number of nitrogen functional groups attached to an aromatic ring is 1. The third-order valence-corrected chi connectivity index (χ3v) is 3.04. The summed E-state index contributed by atoms with van der Waals surface area (Å²) in [6, 6.07) is 11.0. The molecule has 2 aromatic rings. The third-order valence-electron chi connectivity index (χ3n) is 2.79. The molecule has 8 heteroatoms. The number of nitriles is 2. The van der Waals surface area contributed by atoms with Gasteiger partial charge >= 0.3 is 0 Å². The smallest absolute Gasteiger partial charge is 0.159 e. The Morgan fingerprint density at radius 3 is 2.36 bits per heavy atom. The maximum atomic E-state index is 8.83. The van der Waals surface area contributed by atoms with Crippen molar-refractivity contribution in [2.24, 2.45) is 0 Å². The van der Waals surface area contributed by atoms with Gasteiger partial charge in [-0.3, -0.25) is 0 Å². The summed E-state index contributed by atoms with van der Waals surface area (Å²) in [5, 5.41) is 21.3. The molecule has 110 valence electrons. The molecule has 0 fully saturated rings. The van der Waals surface area contributed by atoms with Gasteiger partial charge < -0.3 is 16.0 Å². The topological polar surface area (TPSA) is 115 Å². The predicted octanol–water partition coefficient (Wildman–Crippen LogP) is 2.31. The van der Waals surface area contributed by atoms with E-state index < -0.39 is 0 Å². The molecule has 0 spiro atoms. The lowest BCUT2D eigenvalue weighted by Gasteiger charge is -2.19. The maximum absolute atomic E-state index is 8.83. The van der Waals surface area contributed by atoms with Crippen molar-refractivity contribution in [3.05, 3.63) is 35.6 Å². The molecule has 1 aromatic carbocycles. The highest BCUT2D eigenvalue weighted by Gasteiger charge is 2.15. The van der Waals surface area contributed by atoms with E-state index in [1.165, 1.54) is 11.2 Å². The third kappa shape index (κ3) is 3.54. The minimum Gasteiger partial charge on any atom is -0.393 e. The highest BCUT2D eigenvalue weighted by atomic mass is 35.5. The van der Waals surface area contributed by atoms with Crippen LogP contribution in [-0.4, -0.2) is 23.1 Å². The van der Waals surface area contributed by atoms with E-state index in [9.17, 15) is 0 Å². The molecular weight excluding hydrogens is 302 g/mol. The van der Waals surface area contributed by atoms with Gasteiger partial charge in [-0.15, -0.1) is 0 Å². The molecule has 1 aromatic heterocycles. The van der Waals surface area contributed by atoms with Gasteiger partial charge in [0, 0.05) is 10.7 Å². The average molecular weight is 314 g/mol. The summed E-state index contributed by atoms with van der Waals surface area (Å²) in [5.74, 6) is 0.739. The van der Waals surface area contributed by atoms with Crippen LogP contribution < -0.4 is 16.0 Å². The summed E-state index contributed by atoms with van der Waals surface area (Å²) >= 11 is 5.84. The Morgan fingerprint density at radius 1 is 1.14 bits per heavy atom. The molecule has 0 bridgehead atoms. The molecule has 22 heavy (non-hydrogen) atoms. The largest absolute Gasteiger partial charge is 0.393 e. The first-order chi connectivity index (χ1) is 10.7. The molecule has 0 radical (unpaired) electrons. The molecule has 0 aliphatic carbocycles. The summed E-state index contributed by atoms with van der Waals surface area (Å²) in [6.45, 7) is 0.0182. The van der Waals surface area contributed by atoms with Crippen molar-refractivity contribution in [1.29, 1.82) is 10.5 Å². The Labute approximate surface area is 132 Å². The van der Waals surface area contributed by atoms with Crippen LogP contribution in [-0.2, 0) is 0 Å². The molecule has 0 unspecified atom stereocenters. The fourth-order valence-electron chi connectivity index (χ4n) is 1.78. The van der Waals surface area contributed by atoms with E-state index in [2.05, 4.69) is 15.3 Å². The van der Waals surface area contributed by atoms with E-state index in [-0.39, 0.29) is 18.8 Å². The van der Waals surface area contributed by atoms with Crippen LogP contribution in [0.15, 0.2) is 30.6 Å². The molecule has 0 saturated carbocycles. The van der Waals surface area contributed by atoms with E-state index in [1.54, 1.807) is 24.3 Å². The number of hydrogen-bond acceptors (Lipinski definition) is 7. The zero-order valence-corrected chi connectivity index (χ0v) is 12.2. The molecule has 0 aliphatic heterocycles. The van der Waals surface area contributed by atoms with Crippen LogP contribution in [0.1, 0.15) is 0 Å². The van der Waals surface area contributed by atoms with E-state index in [1.807, 2.05) is 12.1 Å². The number of nitrogens with two attached hydrogens (primary N) is 1. The minimum absolute atomic E-state index is 0.00909. The van der Waals surface area contributed by atoms with Gasteiger partial charge in [-0.05, 0) is 24.3 Å². The van der Waals surface area contributed by atoms with Gasteiger partial charge in [0.2, 0.25) is 0 Å². The van der Waals surface area contributed by atoms with Gasteiger partial charge in [0.1, 0.15) is 25.1 Å². The Balaban J connectivity index is 2.30. The molecule has 0 amide bonds. The summed E-state index contributed by atoms with van der Waals surface area (Å²) in [6.07, 6.45) is 1.33. The highest BCUT2D eigenvalue weighted by Crippen LogP contribution is 2.28. The standard InChI is InChI=1S/C14H12ClN7/c15-10-1-3-11(4-2-10)21-13-12(18)14(20-9-19-13)22(7-5-16)8-6-17/h1-4,9H,7-8,18H2,(H,19,20,21). The molecule has 0 aliphatic rings. The van der Waals surface area contributed by atoms with Gasteiger partial charge in [0.25, 0.3) is 0 Å². The second-order valence-corrected chi connectivity index (χ2v) is 4.70. The van der Waals surface area contributed by atoms with Crippen LogP contribution in [0.4, 0.5) is 23.0 Å². The molecular formula is C14H12ClN7. The Bertz CT molecular complexity index is 714. The molecule has 0 atom stereocenters. The Morgan fingerprint density at radius 2 is 1.77 bits per heavy atom. The molecule has 2 rings (SSSR count). The summed E-state index contributed by atoms with van der Waals surface area (Å²) < 4.78 is 0. The zero-order chi connectivity index (χ0) is 15.9. The van der Waals surface area contributed by atoms with Crippen LogP contribution in [0.3, 0.4) is 0 Å². The number of nitrogens with one attached hydrogen (secondary N) is 1. The minimum atomic E-state index is 0.00909. The predicted molar refractivity (Wildman–Crippen MR) is 84.6 cm³/mol. The van der Waals surface area contributed by atoms with Gasteiger partial charge in [-0.2, -0.15) is 10.5 Å². The van der Waals surface area contributed by atoms with Crippen LogP contribution in [0.5, 0.6) is 0 Å². The first-order valence-corrected chi connectivity index (χ1v) is 6.65. The number of nitrogens with zero attached hydrogens (tertiary/aromatic N) is 5. The van der Waals surface area contributed by atoms with Crippen molar-refractivity contribution >= 4 is 34.6 Å². The summed E-state index contributed by atoms with van der Waals surface area (Å²) in [4.78, 5) is 9.62. The zero-order valence-electron chi connectivity index (χ0n) is 11.5. The number of hydrogen-bond donors (Lipinski definition) is 2. The van der Waals surface area contributed by atoms with Gasteiger partial charge in [0.05, 0.1) is 12.1 Å². The molecule has 7 nitrogen and oxygen atoms in total. The first-order valence-electron chi connectivity index (χ1n) is 6.27. The van der Waals surface area contributed by atoms with Gasteiger partial charge in [0.15, 0.2) is 11.6 Å². The molecule has 3 N–H and O–H groups in total. The number of benzene rings is 1. The number of rotatable bonds is 5. The van der Waals surface area contributed by atoms with Crippen molar-refractivity contribution in [2.45, 2.75) is 0 Å². The van der Waals surface area contributed by atoms with E-state index in [4.69, 9.17) is 27.9 Å². The number of anilines is 4. The van der Waals surface area contributed by atoms with Gasteiger partial charge in [-0.25, -0.2) is 9.97 Å². The van der Waals surface area contributed by atoms with Crippen LogP contribution in [0.25, 0.3) is 0 Å². The fourth-order valence-corrected chi connectivity index (χ4v) is 1.91. The van der Waals surface area contributed by atoms with Crippen molar-refractivity contribution in [3.8, 4) is 12.1 Å². The average Bonchev–Trinajstić information content (AvgIpc) is 2.51. The number of halogens is 1. The highest BCUT2D eigenvalue weighted by molar-refractivity contribution is 6.30. The quantitative estimate of drug-likeness (QED) is 0.814. The van der Waals surface area contributed by atoms with Gasteiger partial charge in [-0.1, -0.05) is 11.6 Å². The van der Waals surface area contributed by atoms with Crippen LogP contribution >= 0.6 is 11.6 Å².